The van der Waals surface area contributed by atoms with E-state index in [1.54, 1.807) is 7.05 Å². The highest BCUT2D eigenvalue weighted by Gasteiger charge is 2.21. The summed E-state index contributed by atoms with van der Waals surface area (Å²) in [5, 5.41) is 0. The first kappa shape index (κ1) is 15.6. The summed E-state index contributed by atoms with van der Waals surface area (Å²) in [7, 11) is 1.68. The summed E-state index contributed by atoms with van der Waals surface area (Å²) in [6.07, 6.45) is 1.71. The first-order valence-corrected chi connectivity index (χ1v) is 8.11. The number of aryl methyl sites for hydroxylation is 3. The van der Waals surface area contributed by atoms with Crippen molar-refractivity contribution in [3.8, 4) is 0 Å². The second-order valence-corrected chi connectivity index (χ2v) is 6.04. The first-order chi connectivity index (χ1) is 10.9. The lowest BCUT2D eigenvalue weighted by molar-refractivity contribution is 0.592. The highest BCUT2D eigenvalue weighted by atomic mass is 16.2. The van der Waals surface area contributed by atoms with Crippen molar-refractivity contribution < 1.29 is 0 Å². The lowest BCUT2D eigenvalue weighted by Crippen LogP contribution is -2.39. The summed E-state index contributed by atoms with van der Waals surface area (Å²) >= 11 is 0. The fraction of sp³-hybridized carbons (Fsp3) is 0.562. The molecular formula is C16H23N5O2. The zero-order valence-electron chi connectivity index (χ0n) is 14.4. The predicted molar refractivity (Wildman–Crippen MR) is 90.2 cm³/mol. The number of hydrogen-bond acceptors (Lipinski definition) is 3. The van der Waals surface area contributed by atoms with Crippen molar-refractivity contribution in [1.29, 1.82) is 0 Å². The molecule has 0 bridgehead atoms. The second kappa shape index (κ2) is 5.40. The van der Waals surface area contributed by atoms with Crippen molar-refractivity contribution in [2.75, 3.05) is 0 Å². The molecule has 7 heteroatoms. The van der Waals surface area contributed by atoms with E-state index < -0.39 is 0 Å². The molecule has 0 atom stereocenters. The Labute approximate surface area is 133 Å². The van der Waals surface area contributed by atoms with Crippen LogP contribution in [-0.4, -0.2) is 23.1 Å². The molecule has 3 rings (SSSR count). The standard InChI is InChI=1S/C16H23N5O2/c1-6-8-19-10(3)11(4)21-12-13(17-15(19)21)18(5)16(23)20(9-7-2)14(12)22/h6-9H2,1-5H3. The molecule has 0 saturated heterocycles. The molecule has 0 unspecified atom stereocenters. The van der Waals surface area contributed by atoms with Crippen LogP contribution in [0.1, 0.15) is 38.1 Å². The van der Waals surface area contributed by atoms with Crippen LogP contribution in [0.5, 0.6) is 0 Å². The van der Waals surface area contributed by atoms with Gasteiger partial charge in [0, 0.05) is 31.5 Å². The van der Waals surface area contributed by atoms with Gasteiger partial charge in [-0.05, 0) is 26.7 Å². The van der Waals surface area contributed by atoms with E-state index in [0.717, 1.165) is 36.6 Å². The average molecular weight is 317 g/mol. The largest absolute Gasteiger partial charge is 0.332 e. The van der Waals surface area contributed by atoms with Gasteiger partial charge in [0.25, 0.3) is 5.56 Å². The van der Waals surface area contributed by atoms with Crippen molar-refractivity contribution in [1.82, 2.24) is 23.1 Å². The fourth-order valence-corrected chi connectivity index (χ4v) is 3.23. The van der Waals surface area contributed by atoms with Crippen molar-refractivity contribution in [3.63, 3.8) is 0 Å². The zero-order valence-corrected chi connectivity index (χ0v) is 14.4. The Morgan fingerprint density at radius 2 is 1.57 bits per heavy atom. The Kier molecular flexibility index (Phi) is 3.66. The van der Waals surface area contributed by atoms with Gasteiger partial charge < -0.3 is 4.57 Å². The molecule has 0 aromatic carbocycles. The van der Waals surface area contributed by atoms with E-state index >= 15 is 0 Å². The molecule has 0 aliphatic rings. The SMILES string of the molecule is CCCn1c(=O)c2c(nc3n(CCC)c(C)c(C)n23)n(C)c1=O. The lowest BCUT2D eigenvalue weighted by Gasteiger charge is -2.07. The van der Waals surface area contributed by atoms with Gasteiger partial charge in [0.15, 0.2) is 11.2 Å². The lowest BCUT2D eigenvalue weighted by atomic mass is 10.3. The van der Waals surface area contributed by atoms with Crippen LogP contribution in [0.15, 0.2) is 9.59 Å². The molecule has 0 saturated carbocycles. The molecule has 0 N–H and O–H groups in total. The van der Waals surface area contributed by atoms with Gasteiger partial charge in [0.1, 0.15) is 0 Å². The quantitative estimate of drug-likeness (QED) is 0.734. The van der Waals surface area contributed by atoms with E-state index in [4.69, 9.17) is 0 Å². The summed E-state index contributed by atoms with van der Waals surface area (Å²) in [5.74, 6) is 0.734. The van der Waals surface area contributed by atoms with Gasteiger partial charge >= 0.3 is 5.69 Å². The third-order valence-electron chi connectivity index (χ3n) is 4.52. The van der Waals surface area contributed by atoms with Gasteiger partial charge in [-0.2, -0.15) is 4.98 Å². The maximum absolute atomic E-state index is 12.9. The normalized spacial score (nSPS) is 11.9. The molecule has 23 heavy (non-hydrogen) atoms. The number of aromatic nitrogens is 5. The molecule has 124 valence electrons. The number of fused-ring (bicyclic) bond motifs is 3. The Morgan fingerprint density at radius 3 is 2.17 bits per heavy atom. The minimum Gasteiger partial charge on any atom is -0.314 e. The van der Waals surface area contributed by atoms with Crippen LogP contribution in [0.3, 0.4) is 0 Å². The van der Waals surface area contributed by atoms with E-state index in [2.05, 4.69) is 16.5 Å². The summed E-state index contributed by atoms with van der Waals surface area (Å²) < 4.78 is 6.80. The third kappa shape index (κ3) is 1.99. The van der Waals surface area contributed by atoms with E-state index in [1.165, 1.54) is 9.13 Å². The maximum atomic E-state index is 12.9. The van der Waals surface area contributed by atoms with Crippen molar-refractivity contribution >= 4 is 16.9 Å². The van der Waals surface area contributed by atoms with Crippen LogP contribution in [0, 0.1) is 13.8 Å². The molecule has 3 aromatic rings. The Bertz CT molecular complexity index is 1020. The third-order valence-corrected chi connectivity index (χ3v) is 4.52. The molecule has 0 radical (unpaired) electrons. The molecule has 0 amide bonds. The molecule has 0 spiro atoms. The van der Waals surface area contributed by atoms with Gasteiger partial charge in [-0.1, -0.05) is 13.8 Å². The highest BCUT2D eigenvalue weighted by Crippen LogP contribution is 2.20. The van der Waals surface area contributed by atoms with Crippen molar-refractivity contribution in [2.24, 2.45) is 7.05 Å². The number of hydrogen-bond donors (Lipinski definition) is 0. The minimum absolute atomic E-state index is 0.255. The van der Waals surface area contributed by atoms with E-state index in [-0.39, 0.29) is 11.2 Å². The van der Waals surface area contributed by atoms with Gasteiger partial charge in [0.2, 0.25) is 5.78 Å². The van der Waals surface area contributed by atoms with Crippen LogP contribution in [0.25, 0.3) is 16.9 Å². The predicted octanol–water partition coefficient (Wildman–Crippen LogP) is 1.59. The first-order valence-electron chi connectivity index (χ1n) is 8.11. The monoisotopic (exact) mass is 317 g/mol. The minimum atomic E-state index is -0.304. The average Bonchev–Trinajstić information content (AvgIpc) is 3.02. The Balaban J connectivity index is 2.55. The number of nitrogens with zero attached hydrogens (tertiary/aromatic N) is 5. The second-order valence-electron chi connectivity index (χ2n) is 6.04. The molecule has 0 aliphatic carbocycles. The van der Waals surface area contributed by atoms with Crippen LogP contribution < -0.4 is 11.2 Å². The number of rotatable bonds is 4. The van der Waals surface area contributed by atoms with Gasteiger partial charge in [-0.3, -0.25) is 18.3 Å². The van der Waals surface area contributed by atoms with Crippen molar-refractivity contribution in [2.45, 2.75) is 53.6 Å². The van der Waals surface area contributed by atoms with Crippen LogP contribution in [0.2, 0.25) is 0 Å². The Morgan fingerprint density at radius 1 is 0.957 bits per heavy atom. The topological polar surface area (TPSA) is 66.2 Å². The van der Waals surface area contributed by atoms with Crippen LogP contribution in [-0.2, 0) is 20.1 Å². The number of imidazole rings is 2. The smallest absolute Gasteiger partial charge is 0.314 e. The van der Waals surface area contributed by atoms with E-state index in [0.29, 0.717) is 17.7 Å². The van der Waals surface area contributed by atoms with Crippen LogP contribution >= 0.6 is 0 Å². The molecule has 0 aliphatic heterocycles. The van der Waals surface area contributed by atoms with Crippen molar-refractivity contribution in [3.05, 3.63) is 32.2 Å². The molecule has 3 heterocycles. The summed E-state index contributed by atoms with van der Waals surface area (Å²) in [4.78, 5) is 29.9. The van der Waals surface area contributed by atoms with Gasteiger partial charge in [-0.25, -0.2) is 4.79 Å². The van der Waals surface area contributed by atoms with E-state index in [9.17, 15) is 9.59 Å². The molecular weight excluding hydrogens is 294 g/mol. The summed E-state index contributed by atoms with van der Waals surface area (Å²) in [5.41, 5.74) is 2.48. The summed E-state index contributed by atoms with van der Waals surface area (Å²) in [6, 6.07) is 0. The summed E-state index contributed by atoms with van der Waals surface area (Å²) in [6.45, 7) is 9.35. The highest BCUT2D eigenvalue weighted by molar-refractivity contribution is 5.76. The fourth-order valence-electron chi connectivity index (χ4n) is 3.23. The van der Waals surface area contributed by atoms with Gasteiger partial charge in [0.05, 0.1) is 0 Å². The van der Waals surface area contributed by atoms with Crippen LogP contribution in [0.4, 0.5) is 0 Å². The molecule has 0 fully saturated rings. The molecule has 3 aromatic heterocycles. The molecule has 7 nitrogen and oxygen atoms in total. The van der Waals surface area contributed by atoms with Gasteiger partial charge in [-0.15, -0.1) is 0 Å². The maximum Gasteiger partial charge on any atom is 0.332 e. The zero-order chi connectivity index (χ0) is 16.9. The van der Waals surface area contributed by atoms with E-state index in [1.807, 2.05) is 25.2 Å². The Hall–Kier alpha value is -2.31.